The molecule has 0 fully saturated rings. The standard InChI is InChI=1S/C10H13N3O/c1-6-4-7-5-8(13-10(11)14)2-3-9(7)12-6/h2-3,5-6,12H,4H2,1H3,(H3,11,13,14). The molecule has 14 heavy (non-hydrogen) atoms. The molecule has 0 saturated heterocycles. The number of carbonyl (C=O) groups excluding carboxylic acids is 1. The van der Waals surface area contributed by atoms with Crippen LogP contribution in [-0.4, -0.2) is 12.1 Å². The molecule has 4 nitrogen and oxygen atoms in total. The molecule has 1 aromatic rings. The van der Waals surface area contributed by atoms with Gasteiger partial charge in [-0.25, -0.2) is 4.79 Å². The van der Waals surface area contributed by atoms with Crippen LogP contribution in [0, 0.1) is 0 Å². The summed E-state index contributed by atoms with van der Waals surface area (Å²) in [6, 6.07) is 5.70. The van der Waals surface area contributed by atoms with Gasteiger partial charge in [-0.05, 0) is 37.1 Å². The fourth-order valence-electron chi connectivity index (χ4n) is 1.77. The normalized spacial score (nSPS) is 18.5. The van der Waals surface area contributed by atoms with Crippen LogP contribution in [-0.2, 0) is 6.42 Å². The second-order valence-electron chi connectivity index (χ2n) is 3.61. The number of fused-ring (bicyclic) bond motifs is 1. The van der Waals surface area contributed by atoms with Crippen LogP contribution in [0.25, 0.3) is 0 Å². The Kier molecular flexibility index (Phi) is 2.04. The quantitative estimate of drug-likeness (QED) is 0.630. The van der Waals surface area contributed by atoms with Gasteiger partial charge in [0.25, 0.3) is 0 Å². The van der Waals surface area contributed by atoms with Crippen LogP contribution >= 0.6 is 0 Å². The van der Waals surface area contributed by atoms with E-state index >= 15 is 0 Å². The molecule has 1 aliphatic rings. The van der Waals surface area contributed by atoms with E-state index in [9.17, 15) is 4.79 Å². The van der Waals surface area contributed by atoms with Crippen molar-refractivity contribution in [2.45, 2.75) is 19.4 Å². The number of primary amides is 1. The summed E-state index contributed by atoms with van der Waals surface area (Å²) in [5.41, 5.74) is 8.16. The number of nitrogens with one attached hydrogen (secondary N) is 2. The Hall–Kier alpha value is -1.71. The largest absolute Gasteiger partial charge is 0.382 e. The Morgan fingerprint density at radius 2 is 2.43 bits per heavy atom. The van der Waals surface area contributed by atoms with Crippen LogP contribution in [0.1, 0.15) is 12.5 Å². The molecule has 0 spiro atoms. The third-order valence-electron chi connectivity index (χ3n) is 2.30. The molecule has 2 amide bonds. The lowest BCUT2D eigenvalue weighted by Gasteiger charge is -2.04. The molecule has 0 aliphatic carbocycles. The predicted molar refractivity (Wildman–Crippen MR) is 56.4 cm³/mol. The van der Waals surface area contributed by atoms with Crippen LogP contribution in [0.4, 0.5) is 16.2 Å². The molecule has 0 saturated carbocycles. The molecule has 1 aliphatic heterocycles. The minimum absolute atomic E-state index is 0.467. The summed E-state index contributed by atoms with van der Waals surface area (Å²) in [4.78, 5) is 10.6. The number of rotatable bonds is 1. The van der Waals surface area contributed by atoms with Gasteiger partial charge in [0.05, 0.1) is 0 Å². The molecule has 1 aromatic carbocycles. The van der Waals surface area contributed by atoms with Gasteiger partial charge in [0.15, 0.2) is 0 Å². The maximum absolute atomic E-state index is 10.6. The van der Waals surface area contributed by atoms with Gasteiger partial charge in [0, 0.05) is 17.4 Å². The van der Waals surface area contributed by atoms with E-state index in [0.717, 1.165) is 17.8 Å². The zero-order chi connectivity index (χ0) is 10.1. The minimum Gasteiger partial charge on any atom is -0.382 e. The summed E-state index contributed by atoms with van der Waals surface area (Å²) < 4.78 is 0. The van der Waals surface area contributed by atoms with E-state index in [1.165, 1.54) is 5.56 Å². The summed E-state index contributed by atoms with van der Waals surface area (Å²) in [5, 5.41) is 5.89. The second-order valence-corrected chi connectivity index (χ2v) is 3.61. The smallest absolute Gasteiger partial charge is 0.316 e. The van der Waals surface area contributed by atoms with Gasteiger partial charge in [-0.15, -0.1) is 0 Å². The third-order valence-corrected chi connectivity index (χ3v) is 2.30. The van der Waals surface area contributed by atoms with E-state index in [1.807, 2.05) is 18.2 Å². The van der Waals surface area contributed by atoms with E-state index in [-0.39, 0.29) is 0 Å². The van der Waals surface area contributed by atoms with E-state index in [0.29, 0.717) is 6.04 Å². The summed E-state index contributed by atoms with van der Waals surface area (Å²) >= 11 is 0. The molecule has 1 unspecified atom stereocenters. The van der Waals surface area contributed by atoms with Crippen molar-refractivity contribution in [3.8, 4) is 0 Å². The lowest BCUT2D eigenvalue weighted by Crippen LogP contribution is -2.19. The zero-order valence-electron chi connectivity index (χ0n) is 8.00. The number of urea groups is 1. The molecule has 0 aromatic heterocycles. The van der Waals surface area contributed by atoms with Gasteiger partial charge in [0.2, 0.25) is 0 Å². The van der Waals surface area contributed by atoms with Crippen LogP contribution in [0.15, 0.2) is 18.2 Å². The summed E-state index contributed by atoms with van der Waals surface area (Å²) in [6.07, 6.45) is 0.990. The van der Waals surface area contributed by atoms with Crippen molar-refractivity contribution < 1.29 is 4.79 Å². The maximum Gasteiger partial charge on any atom is 0.316 e. The molecular weight excluding hydrogens is 178 g/mol. The Bertz CT molecular complexity index is 376. The highest BCUT2D eigenvalue weighted by molar-refractivity contribution is 5.88. The van der Waals surface area contributed by atoms with Gasteiger partial charge in [-0.1, -0.05) is 0 Å². The van der Waals surface area contributed by atoms with Crippen molar-refractivity contribution in [2.75, 3.05) is 10.6 Å². The van der Waals surface area contributed by atoms with Crippen LogP contribution in [0.2, 0.25) is 0 Å². The topological polar surface area (TPSA) is 67.1 Å². The van der Waals surface area contributed by atoms with E-state index in [1.54, 1.807) is 0 Å². The predicted octanol–water partition coefficient (Wildman–Crippen LogP) is 1.53. The molecular formula is C10H13N3O. The van der Waals surface area contributed by atoms with E-state index in [4.69, 9.17) is 5.73 Å². The molecule has 0 radical (unpaired) electrons. The highest BCUT2D eigenvalue weighted by Gasteiger charge is 2.16. The number of carbonyl (C=O) groups is 1. The minimum atomic E-state index is -0.524. The average Bonchev–Trinajstić information content (AvgIpc) is 2.42. The first-order chi connectivity index (χ1) is 6.65. The van der Waals surface area contributed by atoms with Crippen LogP contribution in [0.5, 0.6) is 0 Å². The fraction of sp³-hybridized carbons (Fsp3) is 0.300. The average molecular weight is 191 g/mol. The summed E-state index contributed by atoms with van der Waals surface area (Å²) in [6.45, 7) is 2.13. The monoisotopic (exact) mass is 191 g/mol. The Labute approximate surface area is 82.5 Å². The lowest BCUT2D eigenvalue weighted by molar-refractivity contribution is 0.259. The SMILES string of the molecule is CC1Cc2cc(NC(N)=O)ccc2N1. The number of benzene rings is 1. The van der Waals surface area contributed by atoms with E-state index < -0.39 is 6.03 Å². The van der Waals surface area contributed by atoms with Crippen LogP contribution in [0.3, 0.4) is 0 Å². The van der Waals surface area contributed by atoms with Gasteiger partial charge in [0.1, 0.15) is 0 Å². The van der Waals surface area contributed by atoms with Crippen LogP contribution < -0.4 is 16.4 Å². The molecule has 4 N–H and O–H groups in total. The lowest BCUT2D eigenvalue weighted by atomic mass is 10.1. The first kappa shape index (κ1) is 8.87. The molecule has 1 heterocycles. The number of anilines is 2. The van der Waals surface area contributed by atoms with Gasteiger partial charge < -0.3 is 16.4 Å². The molecule has 2 rings (SSSR count). The maximum atomic E-state index is 10.6. The summed E-state index contributed by atoms with van der Waals surface area (Å²) in [7, 11) is 0. The van der Waals surface area contributed by atoms with Crippen molar-refractivity contribution in [1.82, 2.24) is 0 Å². The molecule has 1 atom stereocenters. The number of hydrogen-bond donors (Lipinski definition) is 3. The Balaban J connectivity index is 2.24. The third kappa shape index (κ3) is 1.64. The summed E-state index contributed by atoms with van der Waals surface area (Å²) in [5.74, 6) is 0. The van der Waals surface area contributed by atoms with Crippen molar-refractivity contribution in [3.63, 3.8) is 0 Å². The number of nitrogens with two attached hydrogens (primary N) is 1. The fourth-order valence-corrected chi connectivity index (χ4v) is 1.77. The number of amides is 2. The number of hydrogen-bond acceptors (Lipinski definition) is 2. The first-order valence-corrected chi connectivity index (χ1v) is 4.61. The van der Waals surface area contributed by atoms with Crippen molar-refractivity contribution in [1.29, 1.82) is 0 Å². The Morgan fingerprint density at radius 1 is 1.64 bits per heavy atom. The van der Waals surface area contributed by atoms with Crippen molar-refractivity contribution >= 4 is 17.4 Å². The van der Waals surface area contributed by atoms with Crippen molar-refractivity contribution in [2.24, 2.45) is 5.73 Å². The van der Waals surface area contributed by atoms with Gasteiger partial charge in [-0.3, -0.25) is 0 Å². The molecule has 74 valence electrons. The van der Waals surface area contributed by atoms with E-state index in [2.05, 4.69) is 17.6 Å². The second kappa shape index (κ2) is 3.21. The molecule has 0 bridgehead atoms. The first-order valence-electron chi connectivity index (χ1n) is 4.61. The van der Waals surface area contributed by atoms with Crippen molar-refractivity contribution in [3.05, 3.63) is 23.8 Å². The Morgan fingerprint density at radius 3 is 3.14 bits per heavy atom. The zero-order valence-corrected chi connectivity index (χ0v) is 8.00. The van der Waals surface area contributed by atoms with Gasteiger partial charge in [-0.2, -0.15) is 0 Å². The molecule has 4 heteroatoms. The van der Waals surface area contributed by atoms with Gasteiger partial charge >= 0.3 is 6.03 Å². The highest BCUT2D eigenvalue weighted by Crippen LogP contribution is 2.28. The highest BCUT2D eigenvalue weighted by atomic mass is 16.2.